The molecule has 4 N–H and O–H groups in total. The minimum Gasteiger partial charge on any atom is -0.478 e. The molecule has 1 aromatic heterocycles. The van der Waals surface area contributed by atoms with E-state index in [1.165, 1.54) is 0 Å². The maximum absolute atomic E-state index is 11.0. The predicted molar refractivity (Wildman–Crippen MR) is 67.4 cm³/mol. The highest BCUT2D eigenvalue weighted by Gasteiger charge is 2.12. The number of aromatic amines is 1. The molecule has 2 aromatic rings. The van der Waals surface area contributed by atoms with Gasteiger partial charge in [-0.3, -0.25) is 0 Å². The smallest absolute Gasteiger partial charge is 0.335 e. The Morgan fingerprint density at radius 1 is 1.47 bits per heavy atom. The third kappa shape index (κ3) is 2.03. The van der Waals surface area contributed by atoms with Crippen LogP contribution >= 0.6 is 0 Å². The quantitative estimate of drug-likeness (QED) is 0.753. The van der Waals surface area contributed by atoms with Gasteiger partial charge < -0.3 is 15.8 Å². The van der Waals surface area contributed by atoms with Gasteiger partial charge in [0.15, 0.2) is 0 Å². The minimum absolute atomic E-state index is 0.317. The lowest BCUT2D eigenvalue weighted by Crippen LogP contribution is -2.04. The number of aromatic carboxylic acids is 1. The Morgan fingerprint density at radius 3 is 2.82 bits per heavy atom. The Hall–Kier alpha value is -1.81. The average molecular weight is 232 g/mol. The van der Waals surface area contributed by atoms with Crippen molar-refractivity contribution >= 4 is 16.9 Å². The predicted octanol–water partition coefficient (Wildman–Crippen LogP) is 1.93. The van der Waals surface area contributed by atoms with E-state index in [2.05, 4.69) is 11.9 Å². The normalized spacial score (nSPS) is 10.9. The van der Waals surface area contributed by atoms with Crippen LogP contribution < -0.4 is 5.73 Å². The van der Waals surface area contributed by atoms with Gasteiger partial charge in [0, 0.05) is 16.6 Å². The summed E-state index contributed by atoms with van der Waals surface area (Å²) in [6.45, 7) is 2.64. The maximum atomic E-state index is 11.0. The molecule has 0 aliphatic rings. The number of aryl methyl sites for hydroxylation is 1. The third-order valence-electron chi connectivity index (χ3n) is 2.99. The van der Waals surface area contributed by atoms with Crippen molar-refractivity contribution in [3.63, 3.8) is 0 Å². The third-order valence-corrected chi connectivity index (χ3v) is 2.99. The molecule has 0 radical (unpaired) electrons. The van der Waals surface area contributed by atoms with Crippen molar-refractivity contribution in [2.24, 2.45) is 5.73 Å². The molecule has 0 fully saturated rings. The first-order chi connectivity index (χ1) is 8.17. The zero-order valence-corrected chi connectivity index (χ0v) is 9.79. The van der Waals surface area contributed by atoms with Crippen molar-refractivity contribution in [1.29, 1.82) is 0 Å². The van der Waals surface area contributed by atoms with Crippen molar-refractivity contribution in [3.05, 3.63) is 35.0 Å². The largest absolute Gasteiger partial charge is 0.478 e. The van der Waals surface area contributed by atoms with Crippen LogP contribution in [0.5, 0.6) is 0 Å². The Labute approximate surface area is 99.4 Å². The van der Waals surface area contributed by atoms with Crippen LogP contribution in [0.15, 0.2) is 18.2 Å². The van der Waals surface area contributed by atoms with Crippen LogP contribution in [0.2, 0.25) is 0 Å². The first-order valence-corrected chi connectivity index (χ1v) is 5.74. The molecule has 0 amide bonds. The molecule has 0 atom stereocenters. The number of nitrogens with two attached hydrogens (primary N) is 1. The molecule has 0 aliphatic heterocycles. The number of H-pyrrole nitrogens is 1. The molecular weight excluding hydrogens is 216 g/mol. The molecule has 0 saturated carbocycles. The van der Waals surface area contributed by atoms with Crippen LogP contribution in [0, 0.1) is 0 Å². The van der Waals surface area contributed by atoms with Crippen LogP contribution in [-0.2, 0) is 12.8 Å². The van der Waals surface area contributed by atoms with E-state index in [1.54, 1.807) is 12.1 Å². The highest BCUT2D eigenvalue weighted by molar-refractivity contribution is 5.95. The van der Waals surface area contributed by atoms with Crippen molar-refractivity contribution in [2.45, 2.75) is 19.8 Å². The van der Waals surface area contributed by atoms with Crippen molar-refractivity contribution < 1.29 is 9.90 Å². The molecule has 0 spiro atoms. The van der Waals surface area contributed by atoms with Gasteiger partial charge in [0.1, 0.15) is 0 Å². The van der Waals surface area contributed by atoms with Gasteiger partial charge in [-0.25, -0.2) is 4.79 Å². The summed E-state index contributed by atoms with van der Waals surface area (Å²) in [7, 11) is 0. The molecule has 0 bridgehead atoms. The van der Waals surface area contributed by atoms with E-state index in [0.717, 1.165) is 35.0 Å². The molecule has 2 rings (SSSR count). The number of hydrogen-bond acceptors (Lipinski definition) is 2. The zero-order valence-electron chi connectivity index (χ0n) is 9.79. The van der Waals surface area contributed by atoms with Crippen LogP contribution in [0.25, 0.3) is 10.9 Å². The fourth-order valence-corrected chi connectivity index (χ4v) is 2.17. The van der Waals surface area contributed by atoms with Gasteiger partial charge in [0.25, 0.3) is 0 Å². The summed E-state index contributed by atoms with van der Waals surface area (Å²) in [6, 6.07) is 5.16. The summed E-state index contributed by atoms with van der Waals surface area (Å²) < 4.78 is 0. The van der Waals surface area contributed by atoms with E-state index >= 15 is 0 Å². The summed E-state index contributed by atoms with van der Waals surface area (Å²) in [5.41, 5.74) is 9.19. The van der Waals surface area contributed by atoms with E-state index in [0.29, 0.717) is 12.1 Å². The van der Waals surface area contributed by atoms with Crippen molar-refractivity contribution in [2.75, 3.05) is 6.54 Å². The summed E-state index contributed by atoms with van der Waals surface area (Å²) in [4.78, 5) is 14.3. The molecule has 4 heteroatoms. The molecular formula is C13H16N2O2. The lowest BCUT2D eigenvalue weighted by molar-refractivity contribution is 0.0697. The second-order valence-electron chi connectivity index (χ2n) is 4.04. The van der Waals surface area contributed by atoms with Gasteiger partial charge in [0.2, 0.25) is 0 Å². The zero-order chi connectivity index (χ0) is 12.4. The Morgan fingerprint density at radius 2 is 2.24 bits per heavy atom. The fourth-order valence-electron chi connectivity index (χ4n) is 2.17. The number of carboxylic acids is 1. The van der Waals surface area contributed by atoms with E-state index < -0.39 is 5.97 Å². The standard InChI is InChI=1S/C13H16N2O2/c1-2-11-9(5-6-14)10-7-8(13(16)17)3-4-12(10)15-11/h3-4,7,15H,2,5-6,14H2,1H3,(H,16,17). The Bertz CT molecular complexity index is 558. The van der Waals surface area contributed by atoms with E-state index in [4.69, 9.17) is 10.8 Å². The summed E-state index contributed by atoms with van der Waals surface area (Å²) in [5, 5.41) is 9.97. The topological polar surface area (TPSA) is 79.1 Å². The van der Waals surface area contributed by atoms with Gasteiger partial charge in [-0.1, -0.05) is 6.92 Å². The lowest BCUT2D eigenvalue weighted by Gasteiger charge is -2.00. The molecule has 1 aromatic carbocycles. The first kappa shape index (κ1) is 11.7. The summed E-state index contributed by atoms with van der Waals surface area (Å²) in [6.07, 6.45) is 1.67. The number of benzene rings is 1. The van der Waals surface area contributed by atoms with Gasteiger partial charge in [-0.15, -0.1) is 0 Å². The monoisotopic (exact) mass is 232 g/mol. The highest BCUT2D eigenvalue weighted by Crippen LogP contribution is 2.24. The van der Waals surface area contributed by atoms with Gasteiger partial charge in [0.05, 0.1) is 5.56 Å². The van der Waals surface area contributed by atoms with Crippen LogP contribution in [0.3, 0.4) is 0 Å². The minimum atomic E-state index is -0.898. The molecule has 90 valence electrons. The van der Waals surface area contributed by atoms with E-state index in [-0.39, 0.29) is 0 Å². The average Bonchev–Trinajstić information content (AvgIpc) is 2.67. The Kier molecular flexibility index (Phi) is 3.15. The summed E-state index contributed by atoms with van der Waals surface area (Å²) in [5.74, 6) is -0.898. The van der Waals surface area contributed by atoms with E-state index in [1.807, 2.05) is 6.07 Å². The van der Waals surface area contributed by atoms with Gasteiger partial charge in [-0.05, 0) is 43.1 Å². The number of hydrogen-bond donors (Lipinski definition) is 3. The number of carbonyl (C=O) groups is 1. The molecule has 0 unspecified atom stereocenters. The molecule has 1 heterocycles. The number of fused-ring (bicyclic) bond motifs is 1. The van der Waals surface area contributed by atoms with Crippen molar-refractivity contribution in [3.8, 4) is 0 Å². The highest BCUT2D eigenvalue weighted by atomic mass is 16.4. The second-order valence-corrected chi connectivity index (χ2v) is 4.04. The SMILES string of the molecule is CCc1[nH]c2ccc(C(=O)O)cc2c1CCN. The number of carboxylic acid groups (broad SMARTS) is 1. The molecule has 0 aliphatic carbocycles. The van der Waals surface area contributed by atoms with Gasteiger partial charge in [-0.2, -0.15) is 0 Å². The molecule has 17 heavy (non-hydrogen) atoms. The Balaban J connectivity index is 2.64. The fraction of sp³-hybridized carbons (Fsp3) is 0.308. The molecule has 4 nitrogen and oxygen atoms in total. The number of rotatable bonds is 4. The van der Waals surface area contributed by atoms with Crippen LogP contribution in [-0.4, -0.2) is 22.6 Å². The van der Waals surface area contributed by atoms with Crippen molar-refractivity contribution in [1.82, 2.24) is 4.98 Å². The first-order valence-electron chi connectivity index (χ1n) is 5.74. The van der Waals surface area contributed by atoms with Crippen LogP contribution in [0.4, 0.5) is 0 Å². The molecule has 0 saturated heterocycles. The van der Waals surface area contributed by atoms with Crippen LogP contribution in [0.1, 0.15) is 28.5 Å². The second kappa shape index (κ2) is 4.59. The number of aromatic nitrogens is 1. The van der Waals surface area contributed by atoms with Gasteiger partial charge >= 0.3 is 5.97 Å². The number of nitrogens with one attached hydrogen (secondary N) is 1. The van der Waals surface area contributed by atoms with E-state index in [9.17, 15) is 4.79 Å². The summed E-state index contributed by atoms with van der Waals surface area (Å²) >= 11 is 0. The maximum Gasteiger partial charge on any atom is 0.335 e. The lowest BCUT2D eigenvalue weighted by atomic mass is 10.0.